The van der Waals surface area contributed by atoms with Crippen molar-refractivity contribution in [1.29, 1.82) is 0 Å². The lowest BCUT2D eigenvalue weighted by Crippen LogP contribution is -2.50. The van der Waals surface area contributed by atoms with Gasteiger partial charge in [-0.15, -0.1) is 0 Å². The first-order valence-corrected chi connectivity index (χ1v) is 16.0. The molecule has 9 nitrogen and oxygen atoms in total. The number of hydrogen-bond acceptors (Lipinski definition) is 7. The number of nitrogens with zero attached hydrogens (tertiary/aromatic N) is 3. The normalized spacial score (nSPS) is 19.9. The number of rotatable bonds is 8. The Morgan fingerprint density at radius 2 is 1.54 bits per heavy atom. The first-order chi connectivity index (χ1) is 16.3. The largest absolute Gasteiger partial charge is 0.385 e. The summed E-state index contributed by atoms with van der Waals surface area (Å²) < 4.78 is 46.9. The zero-order chi connectivity index (χ0) is 25.7. The van der Waals surface area contributed by atoms with Crippen molar-refractivity contribution in [2.24, 2.45) is 5.41 Å². The van der Waals surface area contributed by atoms with Crippen LogP contribution in [0.15, 0.2) is 24.3 Å². The Kier molecular flexibility index (Phi) is 8.96. The van der Waals surface area contributed by atoms with Crippen LogP contribution in [0.1, 0.15) is 33.6 Å². The maximum absolute atomic E-state index is 13.1. The van der Waals surface area contributed by atoms with Gasteiger partial charge < -0.3 is 20.0 Å². The molecule has 2 aliphatic heterocycles. The molecular formula is C24H40N4O5S2. The lowest BCUT2D eigenvalue weighted by molar-refractivity contribution is 0.149. The highest BCUT2D eigenvalue weighted by Crippen LogP contribution is 2.22. The number of carbonyl (C=O) groups excluding carboxylic acids is 1. The third-order valence-corrected chi connectivity index (χ3v) is 9.73. The molecule has 0 saturated carbocycles. The number of anilines is 2. The summed E-state index contributed by atoms with van der Waals surface area (Å²) in [7, 11) is -5.95. The predicted octanol–water partition coefficient (Wildman–Crippen LogP) is 2.31. The molecule has 1 aromatic carbocycles. The standard InChI is InChI=1S/C24H40N4O5S2/c1-24(2,3)8-11-27(23(29)28-14-18-35(32,33)19-15-28)10-5-9-25-21-6-4-7-22(20-21)26-12-16-34(30,31)17-13-26/h4,6-7,20,25H,5,8-19H2,1-3H3. The molecule has 0 unspecified atom stereocenters. The van der Waals surface area contributed by atoms with E-state index in [4.69, 9.17) is 0 Å². The lowest BCUT2D eigenvalue weighted by atomic mass is 9.92. The van der Waals surface area contributed by atoms with Crippen LogP contribution < -0.4 is 10.2 Å². The summed E-state index contributed by atoms with van der Waals surface area (Å²) in [6.45, 7) is 9.90. The molecule has 0 radical (unpaired) electrons. The Bertz CT molecular complexity index is 1060. The van der Waals surface area contributed by atoms with Crippen molar-refractivity contribution in [2.75, 3.05) is 79.0 Å². The van der Waals surface area contributed by atoms with Gasteiger partial charge in [-0.2, -0.15) is 0 Å². The average Bonchev–Trinajstić information content (AvgIpc) is 2.77. The van der Waals surface area contributed by atoms with Gasteiger partial charge in [-0.25, -0.2) is 21.6 Å². The molecule has 35 heavy (non-hydrogen) atoms. The van der Waals surface area contributed by atoms with Gasteiger partial charge in [0.25, 0.3) is 0 Å². The van der Waals surface area contributed by atoms with Gasteiger partial charge >= 0.3 is 6.03 Å². The zero-order valence-electron chi connectivity index (χ0n) is 21.2. The van der Waals surface area contributed by atoms with Crippen molar-refractivity contribution in [3.63, 3.8) is 0 Å². The summed E-state index contributed by atoms with van der Waals surface area (Å²) in [6, 6.07) is 7.90. The minimum atomic E-state index is -3.04. The van der Waals surface area contributed by atoms with E-state index in [1.807, 2.05) is 29.2 Å². The van der Waals surface area contributed by atoms with Gasteiger partial charge in [0.05, 0.1) is 23.0 Å². The molecule has 1 N–H and O–H groups in total. The average molecular weight is 529 g/mol. The minimum Gasteiger partial charge on any atom is -0.385 e. The van der Waals surface area contributed by atoms with Crippen LogP contribution >= 0.6 is 0 Å². The Morgan fingerprint density at radius 3 is 2.14 bits per heavy atom. The van der Waals surface area contributed by atoms with Crippen molar-refractivity contribution in [3.8, 4) is 0 Å². The minimum absolute atomic E-state index is 0.0344. The molecule has 198 valence electrons. The van der Waals surface area contributed by atoms with Gasteiger partial charge in [0.1, 0.15) is 0 Å². The van der Waals surface area contributed by atoms with E-state index < -0.39 is 19.7 Å². The molecule has 2 amide bonds. The Morgan fingerprint density at radius 1 is 0.943 bits per heavy atom. The SMILES string of the molecule is CC(C)(C)CCN(CCCNc1cccc(N2CCS(=O)(=O)CC2)c1)C(=O)N1CCS(=O)(=O)CC1. The van der Waals surface area contributed by atoms with E-state index >= 15 is 0 Å². The van der Waals surface area contributed by atoms with Crippen LogP contribution in [-0.2, 0) is 19.7 Å². The number of carbonyl (C=O) groups is 1. The van der Waals surface area contributed by atoms with Crippen LogP contribution in [-0.4, -0.2) is 101 Å². The third kappa shape index (κ3) is 8.86. The van der Waals surface area contributed by atoms with Gasteiger partial charge in [0.15, 0.2) is 19.7 Å². The molecule has 2 heterocycles. The molecular weight excluding hydrogens is 488 g/mol. The van der Waals surface area contributed by atoms with Gasteiger partial charge in [0.2, 0.25) is 0 Å². The molecule has 0 aromatic heterocycles. The van der Waals surface area contributed by atoms with Crippen molar-refractivity contribution in [3.05, 3.63) is 24.3 Å². The van der Waals surface area contributed by atoms with Gasteiger partial charge in [0, 0.05) is 57.2 Å². The summed E-state index contributed by atoms with van der Waals surface area (Å²) in [5.41, 5.74) is 2.06. The Hall–Kier alpha value is -2.01. The number of hydrogen-bond donors (Lipinski definition) is 1. The number of benzene rings is 1. The molecule has 1 aromatic rings. The highest BCUT2D eigenvalue weighted by Gasteiger charge is 2.28. The molecule has 2 saturated heterocycles. The maximum Gasteiger partial charge on any atom is 0.320 e. The number of sulfone groups is 2. The Labute approximate surface area is 210 Å². The van der Waals surface area contributed by atoms with Crippen LogP contribution in [0.25, 0.3) is 0 Å². The predicted molar refractivity (Wildman–Crippen MR) is 142 cm³/mol. The summed E-state index contributed by atoms with van der Waals surface area (Å²) in [6.07, 6.45) is 1.63. The fourth-order valence-corrected chi connectivity index (χ4v) is 6.57. The summed E-state index contributed by atoms with van der Waals surface area (Å²) in [4.78, 5) is 18.8. The second kappa shape index (κ2) is 11.4. The number of urea groups is 1. The molecule has 11 heteroatoms. The summed E-state index contributed by atoms with van der Waals surface area (Å²) in [5, 5.41) is 3.42. The lowest BCUT2D eigenvalue weighted by Gasteiger charge is -2.34. The van der Waals surface area contributed by atoms with Crippen molar-refractivity contribution >= 4 is 37.1 Å². The highest BCUT2D eigenvalue weighted by atomic mass is 32.2. The van der Waals surface area contributed by atoms with Gasteiger partial charge in [-0.3, -0.25) is 0 Å². The first kappa shape index (κ1) is 27.6. The molecule has 2 aliphatic rings. The van der Waals surface area contributed by atoms with Gasteiger partial charge in [-0.1, -0.05) is 26.8 Å². The maximum atomic E-state index is 13.1. The smallest absolute Gasteiger partial charge is 0.320 e. The second-order valence-corrected chi connectivity index (χ2v) is 15.3. The fourth-order valence-electron chi connectivity index (χ4n) is 4.16. The van der Waals surface area contributed by atoms with E-state index in [0.717, 1.165) is 24.2 Å². The van der Waals surface area contributed by atoms with E-state index in [-0.39, 0.29) is 47.5 Å². The van der Waals surface area contributed by atoms with E-state index in [1.54, 1.807) is 4.90 Å². The molecule has 0 bridgehead atoms. The van der Waals surface area contributed by atoms with Crippen LogP contribution in [0.4, 0.5) is 16.2 Å². The van der Waals surface area contributed by atoms with Crippen LogP contribution in [0.5, 0.6) is 0 Å². The molecule has 0 atom stereocenters. The first-order valence-electron chi connectivity index (χ1n) is 12.4. The monoisotopic (exact) mass is 528 g/mol. The second-order valence-electron chi connectivity index (χ2n) is 10.7. The van der Waals surface area contributed by atoms with Crippen molar-refractivity contribution in [1.82, 2.24) is 9.80 Å². The van der Waals surface area contributed by atoms with Gasteiger partial charge in [-0.05, 0) is 36.5 Å². The van der Waals surface area contributed by atoms with Crippen molar-refractivity contribution in [2.45, 2.75) is 33.6 Å². The number of nitrogens with one attached hydrogen (secondary N) is 1. The van der Waals surface area contributed by atoms with E-state index in [1.165, 1.54) is 0 Å². The topological polar surface area (TPSA) is 107 Å². The Balaban J connectivity index is 1.52. The van der Waals surface area contributed by atoms with E-state index in [9.17, 15) is 21.6 Å². The van der Waals surface area contributed by atoms with Crippen LogP contribution in [0, 0.1) is 5.41 Å². The zero-order valence-corrected chi connectivity index (χ0v) is 22.8. The van der Waals surface area contributed by atoms with Crippen LogP contribution in [0.3, 0.4) is 0 Å². The van der Waals surface area contributed by atoms with Crippen molar-refractivity contribution < 1.29 is 21.6 Å². The molecule has 2 fully saturated rings. The fraction of sp³-hybridized carbons (Fsp3) is 0.708. The highest BCUT2D eigenvalue weighted by molar-refractivity contribution is 7.91. The number of amides is 2. The molecule has 0 spiro atoms. The summed E-state index contributed by atoms with van der Waals surface area (Å²) >= 11 is 0. The molecule has 3 rings (SSSR count). The van der Waals surface area contributed by atoms with E-state index in [0.29, 0.717) is 32.7 Å². The quantitative estimate of drug-likeness (QED) is 0.516. The molecule has 0 aliphatic carbocycles. The third-order valence-electron chi connectivity index (χ3n) is 6.51. The van der Waals surface area contributed by atoms with Crippen LogP contribution in [0.2, 0.25) is 0 Å². The summed E-state index contributed by atoms with van der Waals surface area (Å²) in [5.74, 6) is 0.442. The van der Waals surface area contributed by atoms with E-state index in [2.05, 4.69) is 31.0 Å².